The maximum atomic E-state index is 10.9. The van der Waals surface area contributed by atoms with Gasteiger partial charge in [0.2, 0.25) is 0 Å². The van der Waals surface area contributed by atoms with Gasteiger partial charge in [0, 0.05) is 18.7 Å². The molecule has 1 aliphatic heterocycles. The third kappa shape index (κ3) is 3.18. The zero-order valence-electron chi connectivity index (χ0n) is 14.6. The summed E-state index contributed by atoms with van der Waals surface area (Å²) in [7, 11) is 0. The van der Waals surface area contributed by atoms with Gasteiger partial charge in [-0.2, -0.15) is 0 Å². The SMILES string of the molecule is NC[C@H]1CCN([C@@H]2Cc3ccccc3[C@H]2Oc2ccc([N+](=O)[O-])cc2)C1. The number of likely N-dealkylation sites (tertiary alicyclic amines) is 1. The topological polar surface area (TPSA) is 81.6 Å². The molecular weight excluding hydrogens is 330 g/mol. The first kappa shape index (κ1) is 17.0. The number of nitrogens with two attached hydrogens (primary N) is 1. The first-order valence-corrected chi connectivity index (χ1v) is 9.08. The molecule has 2 aromatic rings. The van der Waals surface area contributed by atoms with Crippen molar-refractivity contribution >= 4 is 5.69 Å². The van der Waals surface area contributed by atoms with E-state index in [1.165, 1.54) is 23.3 Å². The maximum absolute atomic E-state index is 10.9. The molecule has 26 heavy (non-hydrogen) atoms. The largest absolute Gasteiger partial charge is 0.484 e. The number of rotatable bonds is 5. The summed E-state index contributed by atoms with van der Waals surface area (Å²) in [5, 5.41) is 10.9. The Balaban J connectivity index is 1.58. The maximum Gasteiger partial charge on any atom is 0.269 e. The highest BCUT2D eigenvalue weighted by Gasteiger charge is 2.40. The van der Waals surface area contributed by atoms with Crippen molar-refractivity contribution in [1.29, 1.82) is 0 Å². The molecule has 2 aromatic carbocycles. The van der Waals surface area contributed by atoms with Crippen LogP contribution >= 0.6 is 0 Å². The molecule has 0 unspecified atom stereocenters. The second-order valence-electron chi connectivity index (χ2n) is 7.15. The predicted molar refractivity (Wildman–Crippen MR) is 99.1 cm³/mol. The van der Waals surface area contributed by atoms with Crippen LogP contribution in [0.1, 0.15) is 23.7 Å². The Morgan fingerprint density at radius 1 is 1.19 bits per heavy atom. The molecule has 0 saturated carbocycles. The van der Waals surface area contributed by atoms with Gasteiger partial charge in [0.25, 0.3) is 5.69 Å². The third-order valence-electron chi connectivity index (χ3n) is 5.57. The van der Waals surface area contributed by atoms with E-state index in [2.05, 4.69) is 23.1 Å². The minimum absolute atomic E-state index is 0.0656. The number of non-ortho nitro benzene ring substituents is 1. The Kier molecular flexibility index (Phi) is 4.61. The van der Waals surface area contributed by atoms with Gasteiger partial charge in [-0.05, 0) is 55.1 Å². The number of nitrogens with zero attached hydrogens (tertiary/aromatic N) is 2. The molecule has 0 bridgehead atoms. The Bertz CT molecular complexity index is 793. The highest BCUT2D eigenvalue weighted by atomic mass is 16.6. The summed E-state index contributed by atoms with van der Waals surface area (Å²) >= 11 is 0. The predicted octanol–water partition coefficient (Wildman–Crippen LogP) is 2.92. The molecular formula is C20H23N3O3. The van der Waals surface area contributed by atoms with Gasteiger partial charge in [0.1, 0.15) is 11.9 Å². The van der Waals surface area contributed by atoms with Gasteiger partial charge in [-0.25, -0.2) is 0 Å². The van der Waals surface area contributed by atoms with Crippen LogP contribution in [0.3, 0.4) is 0 Å². The summed E-state index contributed by atoms with van der Waals surface area (Å²) in [6, 6.07) is 15.0. The molecule has 1 heterocycles. The molecule has 1 fully saturated rings. The molecule has 6 heteroatoms. The Morgan fingerprint density at radius 3 is 2.65 bits per heavy atom. The number of benzene rings is 2. The van der Waals surface area contributed by atoms with Crippen LogP contribution < -0.4 is 10.5 Å². The summed E-state index contributed by atoms with van der Waals surface area (Å²) in [5.41, 5.74) is 8.47. The number of hydrogen-bond donors (Lipinski definition) is 1. The second-order valence-corrected chi connectivity index (χ2v) is 7.15. The number of hydrogen-bond acceptors (Lipinski definition) is 5. The fraction of sp³-hybridized carbons (Fsp3) is 0.400. The van der Waals surface area contributed by atoms with E-state index in [1.54, 1.807) is 12.1 Å². The minimum atomic E-state index is -0.394. The molecule has 6 nitrogen and oxygen atoms in total. The van der Waals surface area contributed by atoms with Crippen molar-refractivity contribution in [2.45, 2.75) is 25.0 Å². The van der Waals surface area contributed by atoms with Gasteiger partial charge in [0.15, 0.2) is 0 Å². The quantitative estimate of drug-likeness (QED) is 0.660. The summed E-state index contributed by atoms with van der Waals surface area (Å²) in [6.45, 7) is 2.78. The third-order valence-corrected chi connectivity index (χ3v) is 5.57. The smallest absolute Gasteiger partial charge is 0.269 e. The van der Waals surface area contributed by atoms with Crippen LogP contribution in [-0.4, -0.2) is 35.5 Å². The standard InChI is InChI=1S/C20H23N3O3/c21-12-14-9-10-22(13-14)19-11-15-3-1-2-4-18(15)20(19)26-17-7-5-16(6-8-17)23(24)25/h1-8,14,19-20H,9-13,21H2/t14-,19-,20-/m1/s1. The van der Waals surface area contributed by atoms with Crippen molar-refractivity contribution in [3.8, 4) is 5.75 Å². The summed E-state index contributed by atoms with van der Waals surface area (Å²) in [5.74, 6) is 1.22. The molecule has 4 rings (SSSR count). The normalized spacial score (nSPS) is 25.2. The molecule has 136 valence electrons. The Morgan fingerprint density at radius 2 is 1.96 bits per heavy atom. The molecule has 3 atom stereocenters. The van der Waals surface area contributed by atoms with Crippen LogP contribution in [0.2, 0.25) is 0 Å². The van der Waals surface area contributed by atoms with E-state index in [9.17, 15) is 10.1 Å². The molecule has 1 saturated heterocycles. The van der Waals surface area contributed by atoms with Crippen LogP contribution in [0.5, 0.6) is 5.75 Å². The average Bonchev–Trinajstić information content (AvgIpc) is 3.27. The van der Waals surface area contributed by atoms with Gasteiger partial charge in [-0.3, -0.25) is 15.0 Å². The monoisotopic (exact) mass is 353 g/mol. The first-order chi connectivity index (χ1) is 12.7. The van der Waals surface area contributed by atoms with Gasteiger partial charge >= 0.3 is 0 Å². The second kappa shape index (κ2) is 7.05. The number of nitro benzene ring substituents is 1. The summed E-state index contributed by atoms with van der Waals surface area (Å²) in [6.07, 6.45) is 2.03. The van der Waals surface area contributed by atoms with Gasteiger partial charge in [-0.1, -0.05) is 24.3 Å². The van der Waals surface area contributed by atoms with Crippen molar-refractivity contribution in [3.05, 3.63) is 69.8 Å². The van der Waals surface area contributed by atoms with E-state index in [0.29, 0.717) is 11.7 Å². The fourth-order valence-corrected chi connectivity index (χ4v) is 4.15. The van der Waals surface area contributed by atoms with Crippen molar-refractivity contribution < 1.29 is 9.66 Å². The van der Waals surface area contributed by atoms with E-state index < -0.39 is 4.92 Å². The number of ether oxygens (including phenoxy) is 1. The van der Waals surface area contributed by atoms with Crippen LogP contribution in [0, 0.1) is 16.0 Å². The highest BCUT2D eigenvalue weighted by Crippen LogP contribution is 2.39. The van der Waals surface area contributed by atoms with Crippen LogP contribution in [0.15, 0.2) is 48.5 Å². The minimum Gasteiger partial charge on any atom is -0.484 e. The zero-order chi connectivity index (χ0) is 18.1. The highest BCUT2D eigenvalue weighted by molar-refractivity contribution is 5.40. The molecule has 2 aliphatic rings. The lowest BCUT2D eigenvalue weighted by Crippen LogP contribution is -2.39. The Hall–Kier alpha value is -2.44. The Labute approximate surface area is 152 Å². The van der Waals surface area contributed by atoms with E-state index in [-0.39, 0.29) is 17.8 Å². The van der Waals surface area contributed by atoms with Crippen molar-refractivity contribution in [2.24, 2.45) is 11.7 Å². The lowest BCUT2D eigenvalue weighted by atomic mass is 10.1. The van der Waals surface area contributed by atoms with E-state index in [1.807, 2.05) is 6.07 Å². The van der Waals surface area contributed by atoms with Crippen LogP contribution in [0.4, 0.5) is 5.69 Å². The molecule has 0 amide bonds. The summed E-state index contributed by atoms with van der Waals surface area (Å²) in [4.78, 5) is 13.0. The van der Waals surface area contributed by atoms with Gasteiger partial charge in [0.05, 0.1) is 11.0 Å². The molecule has 1 aliphatic carbocycles. The van der Waals surface area contributed by atoms with Crippen molar-refractivity contribution in [1.82, 2.24) is 4.90 Å². The van der Waals surface area contributed by atoms with Crippen LogP contribution in [-0.2, 0) is 6.42 Å². The van der Waals surface area contributed by atoms with E-state index >= 15 is 0 Å². The van der Waals surface area contributed by atoms with E-state index in [4.69, 9.17) is 10.5 Å². The number of fused-ring (bicyclic) bond motifs is 1. The van der Waals surface area contributed by atoms with Gasteiger partial charge in [-0.15, -0.1) is 0 Å². The van der Waals surface area contributed by atoms with Crippen molar-refractivity contribution in [3.63, 3.8) is 0 Å². The lowest BCUT2D eigenvalue weighted by molar-refractivity contribution is -0.384. The lowest BCUT2D eigenvalue weighted by Gasteiger charge is -2.30. The van der Waals surface area contributed by atoms with Crippen LogP contribution in [0.25, 0.3) is 0 Å². The molecule has 0 aromatic heterocycles. The number of nitro groups is 1. The molecule has 2 N–H and O–H groups in total. The first-order valence-electron chi connectivity index (χ1n) is 9.08. The molecule has 0 radical (unpaired) electrons. The average molecular weight is 353 g/mol. The van der Waals surface area contributed by atoms with E-state index in [0.717, 1.165) is 32.5 Å². The fourth-order valence-electron chi connectivity index (χ4n) is 4.15. The summed E-state index contributed by atoms with van der Waals surface area (Å²) < 4.78 is 6.33. The van der Waals surface area contributed by atoms with Gasteiger partial charge < -0.3 is 10.5 Å². The molecule has 0 spiro atoms. The van der Waals surface area contributed by atoms with Crippen molar-refractivity contribution in [2.75, 3.05) is 19.6 Å². The zero-order valence-corrected chi connectivity index (χ0v) is 14.6.